The van der Waals surface area contributed by atoms with Crippen molar-refractivity contribution in [3.63, 3.8) is 0 Å². The Morgan fingerprint density at radius 1 is 1.14 bits per heavy atom. The number of aromatic amines is 1. The highest BCUT2D eigenvalue weighted by molar-refractivity contribution is 5.84. The van der Waals surface area contributed by atoms with Crippen LogP contribution in [0.2, 0.25) is 0 Å². The average molecular weight is 295 g/mol. The molecule has 4 heteroatoms. The van der Waals surface area contributed by atoms with E-state index in [2.05, 4.69) is 24.2 Å². The summed E-state index contributed by atoms with van der Waals surface area (Å²) in [6, 6.07) is 13.4. The highest BCUT2D eigenvalue weighted by Gasteiger charge is 2.09. The Bertz CT molecular complexity index is 793. The Morgan fingerprint density at radius 3 is 2.82 bits per heavy atom. The van der Waals surface area contributed by atoms with E-state index >= 15 is 0 Å². The predicted octanol–water partition coefficient (Wildman–Crippen LogP) is 3.18. The number of hydrogen-bond acceptors (Lipinski definition) is 2. The van der Waals surface area contributed by atoms with E-state index in [1.165, 1.54) is 10.9 Å². The van der Waals surface area contributed by atoms with Gasteiger partial charge in [0, 0.05) is 33.3 Å². The second-order valence-corrected chi connectivity index (χ2v) is 5.32. The van der Waals surface area contributed by atoms with Crippen molar-refractivity contribution in [1.29, 1.82) is 0 Å². The SMILES string of the molecule is CCCc1c[nH]c2ccc(OCc3ccccc3[NH+]=O)cc12. The number of aromatic nitrogens is 1. The fourth-order valence-corrected chi connectivity index (χ4v) is 2.63. The highest BCUT2D eigenvalue weighted by Crippen LogP contribution is 2.25. The van der Waals surface area contributed by atoms with Crippen molar-refractivity contribution < 1.29 is 9.91 Å². The first-order chi connectivity index (χ1) is 10.8. The van der Waals surface area contributed by atoms with Gasteiger partial charge in [0.05, 0.1) is 5.56 Å². The van der Waals surface area contributed by atoms with Gasteiger partial charge in [-0.05, 0) is 36.2 Å². The van der Waals surface area contributed by atoms with Crippen LogP contribution in [0.15, 0.2) is 48.7 Å². The van der Waals surface area contributed by atoms with Crippen LogP contribution in [0.4, 0.5) is 5.69 Å². The fraction of sp³-hybridized carbons (Fsp3) is 0.222. The van der Waals surface area contributed by atoms with Crippen molar-refractivity contribution in [3.05, 3.63) is 64.7 Å². The number of nitroso groups, excluding NO2 is 1. The van der Waals surface area contributed by atoms with Gasteiger partial charge in [-0.2, -0.15) is 0 Å². The lowest BCUT2D eigenvalue weighted by molar-refractivity contribution is -0.380. The summed E-state index contributed by atoms with van der Waals surface area (Å²) in [4.78, 5) is 14.2. The van der Waals surface area contributed by atoms with Crippen LogP contribution in [0.5, 0.6) is 5.75 Å². The molecule has 2 aromatic carbocycles. The molecule has 0 aliphatic carbocycles. The van der Waals surface area contributed by atoms with Gasteiger partial charge in [0.2, 0.25) is 0 Å². The van der Waals surface area contributed by atoms with Gasteiger partial charge in [0.1, 0.15) is 12.4 Å². The number of para-hydroxylation sites is 1. The number of benzene rings is 2. The largest absolute Gasteiger partial charge is 0.489 e. The van der Waals surface area contributed by atoms with E-state index < -0.39 is 0 Å². The molecule has 22 heavy (non-hydrogen) atoms. The van der Waals surface area contributed by atoms with Gasteiger partial charge in [0.15, 0.2) is 0 Å². The predicted molar refractivity (Wildman–Crippen MR) is 87.1 cm³/mol. The van der Waals surface area contributed by atoms with Gasteiger partial charge < -0.3 is 9.72 Å². The van der Waals surface area contributed by atoms with Gasteiger partial charge in [-0.15, -0.1) is 0 Å². The minimum Gasteiger partial charge on any atom is -0.489 e. The maximum atomic E-state index is 10.9. The van der Waals surface area contributed by atoms with Gasteiger partial charge >= 0.3 is 0 Å². The molecular formula is C18H19N2O2+. The van der Waals surface area contributed by atoms with Crippen molar-refractivity contribution in [2.45, 2.75) is 26.4 Å². The molecule has 0 unspecified atom stereocenters. The summed E-state index contributed by atoms with van der Waals surface area (Å²) >= 11 is 0. The zero-order valence-electron chi connectivity index (χ0n) is 12.6. The standard InChI is InChI=1S/C18H18N2O2/c1-2-5-13-11-19-18-9-8-15(10-16(13)18)22-12-14-6-3-4-7-17(14)20-21/h3-4,6-11,19H,2,5,12H2,1H3/p+1. The highest BCUT2D eigenvalue weighted by atomic mass is 16.5. The molecule has 0 saturated carbocycles. The lowest BCUT2D eigenvalue weighted by Crippen LogP contribution is -2.56. The number of H-pyrrole nitrogens is 1. The Labute approximate surface area is 129 Å². The lowest BCUT2D eigenvalue weighted by atomic mass is 10.1. The summed E-state index contributed by atoms with van der Waals surface area (Å²) in [6.45, 7) is 2.54. The average Bonchev–Trinajstić information content (AvgIpc) is 2.96. The topological polar surface area (TPSA) is 56.1 Å². The molecule has 0 aliphatic heterocycles. The van der Waals surface area contributed by atoms with E-state index in [-0.39, 0.29) is 0 Å². The Morgan fingerprint density at radius 2 is 2.00 bits per heavy atom. The van der Waals surface area contributed by atoms with Crippen LogP contribution in [0, 0.1) is 4.91 Å². The zero-order valence-corrected chi connectivity index (χ0v) is 12.6. The summed E-state index contributed by atoms with van der Waals surface area (Å²) in [6.07, 6.45) is 4.22. The number of ether oxygens (including phenoxy) is 1. The number of aryl methyl sites for hydroxylation is 1. The monoisotopic (exact) mass is 295 g/mol. The molecule has 4 nitrogen and oxygen atoms in total. The molecule has 0 atom stereocenters. The first kappa shape index (κ1) is 14.3. The van der Waals surface area contributed by atoms with E-state index in [0.29, 0.717) is 12.3 Å². The molecule has 0 aliphatic rings. The summed E-state index contributed by atoms with van der Waals surface area (Å²) in [5, 5.41) is 3.15. The molecule has 112 valence electrons. The van der Waals surface area contributed by atoms with Crippen LogP contribution in [0.25, 0.3) is 10.9 Å². The molecule has 3 aromatic rings. The molecule has 2 N–H and O–H groups in total. The number of hydrogen-bond donors (Lipinski definition) is 2. The summed E-state index contributed by atoms with van der Waals surface area (Å²) in [7, 11) is 0. The van der Waals surface area contributed by atoms with Gasteiger partial charge in [-0.1, -0.05) is 25.5 Å². The third-order valence-corrected chi connectivity index (χ3v) is 3.78. The first-order valence-electron chi connectivity index (χ1n) is 7.50. The number of nitrogens with one attached hydrogen (secondary N) is 2. The van der Waals surface area contributed by atoms with Gasteiger partial charge in [-0.25, -0.2) is 0 Å². The van der Waals surface area contributed by atoms with Crippen LogP contribution in [-0.4, -0.2) is 4.98 Å². The smallest absolute Gasteiger partial charge is 0.259 e. The van der Waals surface area contributed by atoms with Crippen molar-refractivity contribution >= 4 is 16.6 Å². The van der Waals surface area contributed by atoms with Gasteiger partial charge in [0.25, 0.3) is 5.69 Å². The lowest BCUT2D eigenvalue weighted by Gasteiger charge is -2.06. The molecule has 0 amide bonds. The van der Waals surface area contributed by atoms with Crippen LogP contribution in [0.1, 0.15) is 24.5 Å². The molecule has 3 rings (SSSR count). The molecule has 0 saturated heterocycles. The maximum Gasteiger partial charge on any atom is 0.259 e. The zero-order chi connectivity index (χ0) is 15.4. The van der Waals surface area contributed by atoms with E-state index in [9.17, 15) is 4.91 Å². The fourth-order valence-electron chi connectivity index (χ4n) is 2.63. The molecular weight excluding hydrogens is 276 g/mol. The first-order valence-corrected chi connectivity index (χ1v) is 7.50. The maximum absolute atomic E-state index is 10.9. The number of fused-ring (bicyclic) bond motifs is 1. The van der Waals surface area contributed by atoms with E-state index in [0.717, 1.165) is 29.7 Å². The van der Waals surface area contributed by atoms with E-state index in [1.807, 2.05) is 35.5 Å². The number of rotatable bonds is 6. The minimum absolute atomic E-state index is 0.366. The quantitative estimate of drug-likeness (QED) is 0.734. The van der Waals surface area contributed by atoms with Gasteiger partial charge in [-0.3, -0.25) is 0 Å². The third-order valence-electron chi connectivity index (χ3n) is 3.78. The third kappa shape index (κ3) is 2.86. The second kappa shape index (κ2) is 6.43. The van der Waals surface area contributed by atoms with Crippen LogP contribution < -0.4 is 9.91 Å². The Kier molecular flexibility index (Phi) is 4.19. The molecule has 0 bridgehead atoms. The van der Waals surface area contributed by atoms with E-state index in [4.69, 9.17) is 4.74 Å². The Hall–Kier alpha value is -2.62. The second-order valence-electron chi connectivity index (χ2n) is 5.32. The van der Waals surface area contributed by atoms with Crippen molar-refractivity contribution in [3.8, 4) is 5.75 Å². The van der Waals surface area contributed by atoms with Crippen LogP contribution >= 0.6 is 0 Å². The summed E-state index contributed by atoms with van der Waals surface area (Å²) in [5.41, 5.74) is 3.83. The Balaban J connectivity index is 1.81. The molecule has 0 fully saturated rings. The molecule has 1 heterocycles. The minimum atomic E-state index is 0.366. The molecule has 0 spiro atoms. The summed E-state index contributed by atoms with van der Waals surface area (Å²) < 4.78 is 5.85. The van der Waals surface area contributed by atoms with Crippen molar-refractivity contribution in [2.24, 2.45) is 0 Å². The van der Waals surface area contributed by atoms with Crippen molar-refractivity contribution in [2.75, 3.05) is 0 Å². The van der Waals surface area contributed by atoms with E-state index in [1.54, 1.807) is 6.07 Å². The van der Waals surface area contributed by atoms with Crippen molar-refractivity contribution in [1.82, 2.24) is 4.98 Å². The van der Waals surface area contributed by atoms with Crippen LogP contribution in [0.3, 0.4) is 0 Å². The summed E-state index contributed by atoms with van der Waals surface area (Å²) in [5.74, 6) is 0.810. The van der Waals surface area contributed by atoms with Crippen LogP contribution in [-0.2, 0) is 13.0 Å². The normalized spacial score (nSPS) is 10.8. The molecule has 0 radical (unpaired) electrons. The molecule has 1 aromatic heterocycles.